The smallest absolute Gasteiger partial charge is 0.261 e. The Morgan fingerprint density at radius 3 is 2.55 bits per heavy atom. The number of hydrogen-bond donors (Lipinski definition) is 1. The normalized spacial score (nSPS) is 13.2. The lowest BCUT2D eigenvalue weighted by atomic mass is 10.0. The number of carbonyl (C=O) groups is 1. The second kappa shape index (κ2) is 9.24. The Bertz CT molecular complexity index is 979. The minimum atomic E-state index is -0.810. The molecule has 0 aliphatic carbocycles. The van der Waals surface area contributed by atoms with E-state index in [2.05, 4.69) is 20.4 Å². The maximum Gasteiger partial charge on any atom is 0.261 e. The molecule has 2 aromatic heterocycles. The number of pyridine rings is 1. The molecule has 9 heteroatoms. The second-order valence-electron chi connectivity index (χ2n) is 6.73. The summed E-state index contributed by atoms with van der Waals surface area (Å²) in [7, 11) is 0. The quantitative estimate of drug-likeness (QED) is 0.578. The van der Waals surface area contributed by atoms with E-state index in [1.165, 1.54) is 0 Å². The number of halogens is 2. The lowest BCUT2D eigenvalue weighted by molar-refractivity contribution is -0.128. The molecule has 152 valence electrons. The lowest BCUT2D eigenvalue weighted by Gasteiger charge is -2.22. The van der Waals surface area contributed by atoms with Gasteiger partial charge in [-0.25, -0.2) is 0 Å². The Morgan fingerprint density at radius 1 is 1.14 bits per heavy atom. The van der Waals surface area contributed by atoms with Gasteiger partial charge >= 0.3 is 0 Å². The molecule has 1 amide bonds. The molecule has 0 bridgehead atoms. The van der Waals surface area contributed by atoms with Gasteiger partial charge < -0.3 is 14.6 Å². The Balaban J connectivity index is 1.72. The van der Waals surface area contributed by atoms with Gasteiger partial charge in [0.2, 0.25) is 11.7 Å². The fourth-order valence-corrected chi connectivity index (χ4v) is 2.92. The fraction of sp³-hybridized carbons (Fsp3) is 0.300. The number of hydrogen-bond acceptors (Lipinski definition) is 6. The first-order valence-electron chi connectivity index (χ1n) is 9.02. The molecule has 1 N–H and O–H groups in total. The number of nitrogens with zero attached hydrogens (tertiary/aromatic N) is 3. The van der Waals surface area contributed by atoms with Crippen molar-refractivity contribution in [3.63, 3.8) is 0 Å². The Hall–Kier alpha value is -2.64. The molecular weight excluding hydrogens is 415 g/mol. The summed E-state index contributed by atoms with van der Waals surface area (Å²) in [6.45, 7) is 5.52. The number of benzene rings is 1. The van der Waals surface area contributed by atoms with Gasteiger partial charge in [0.05, 0.1) is 5.02 Å². The van der Waals surface area contributed by atoms with Gasteiger partial charge in [-0.2, -0.15) is 4.98 Å². The van der Waals surface area contributed by atoms with Crippen molar-refractivity contribution in [3.05, 3.63) is 58.7 Å². The highest BCUT2D eigenvalue weighted by Gasteiger charge is 2.27. The molecule has 29 heavy (non-hydrogen) atoms. The van der Waals surface area contributed by atoms with Crippen LogP contribution in [-0.2, 0) is 4.79 Å². The highest BCUT2D eigenvalue weighted by Crippen LogP contribution is 2.32. The zero-order valence-corrected chi connectivity index (χ0v) is 17.6. The maximum absolute atomic E-state index is 12.7. The van der Waals surface area contributed by atoms with Crippen LogP contribution in [0.15, 0.2) is 47.2 Å². The molecule has 0 fully saturated rings. The molecule has 2 unspecified atom stereocenters. The van der Waals surface area contributed by atoms with Crippen molar-refractivity contribution in [1.29, 1.82) is 0 Å². The Morgan fingerprint density at radius 2 is 1.86 bits per heavy atom. The van der Waals surface area contributed by atoms with Crippen molar-refractivity contribution in [1.82, 2.24) is 20.4 Å². The van der Waals surface area contributed by atoms with Crippen molar-refractivity contribution in [3.8, 4) is 17.1 Å². The van der Waals surface area contributed by atoms with Gasteiger partial charge in [0, 0.05) is 18.0 Å². The van der Waals surface area contributed by atoms with Gasteiger partial charge in [-0.3, -0.25) is 9.78 Å². The number of rotatable bonds is 7. The molecule has 2 heterocycles. The van der Waals surface area contributed by atoms with E-state index in [9.17, 15) is 4.79 Å². The Kier molecular flexibility index (Phi) is 6.71. The predicted molar refractivity (Wildman–Crippen MR) is 110 cm³/mol. The molecule has 0 aliphatic heterocycles. The van der Waals surface area contributed by atoms with E-state index >= 15 is 0 Å². The molecule has 0 saturated heterocycles. The zero-order valence-electron chi connectivity index (χ0n) is 16.1. The van der Waals surface area contributed by atoms with Gasteiger partial charge in [0.25, 0.3) is 5.91 Å². The van der Waals surface area contributed by atoms with Crippen LogP contribution in [0.25, 0.3) is 11.4 Å². The SMILES string of the molecule is CC(Oc1cccc(Cl)c1Cl)C(=O)NC(c1nc(-c2ccncc2)no1)C(C)C. The van der Waals surface area contributed by atoms with E-state index < -0.39 is 12.1 Å². The average Bonchev–Trinajstić information content (AvgIpc) is 3.19. The number of amides is 1. The second-order valence-corrected chi connectivity index (χ2v) is 7.52. The van der Waals surface area contributed by atoms with Gasteiger partial charge in [-0.05, 0) is 37.1 Å². The van der Waals surface area contributed by atoms with Gasteiger partial charge in [-0.15, -0.1) is 0 Å². The summed E-state index contributed by atoms with van der Waals surface area (Å²) in [4.78, 5) is 21.1. The zero-order chi connectivity index (χ0) is 21.0. The standard InChI is InChI=1S/C20H20Cl2N4O3/c1-11(2)17(20-25-18(26-29-20)13-7-9-23-10-8-13)24-19(27)12(3)28-15-6-4-5-14(21)16(15)22/h4-12,17H,1-3H3,(H,24,27). The van der Waals surface area contributed by atoms with Gasteiger partial charge in [0.1, 0.15) is 16.8 Å². The number of carbonyl (C=O) groups excluding carboxylic acids is 1. The van der Waals surface area contributed by atoms with E-state index in [0.29, 0.717) is 22.5 Å². The van der Waals surface area contributed by atoms with Crippen LogP contribution >= 0.6 is 23.2 Å². The molecule has 3 aromatic rings. The maximum atomic E-state index is 12.7. The summed E-state index contributed by atoms with van der Waals surface area (Å²) in [6.07, 6.45) is 2.48. The first-order valence-corrected chi connectivity index (χ1v) is 9.77. The summed E-state index contributed by atoms with van der Waals surface area (Å²) in [5, 5.41) is 7.52. The third-order valence-corrected chi connectivity index (χ3v) is 5.00. The van der Waals surface area contributed by atoms with E-state index in [1.54, 1.807) is 49.6 Å². The van der Waals surface area contributed by atoms with Crippen LogP contribution in [0.3, 0.4) is 0 Å². The fourth-order valence-electron chi connectivity index (χ4n) is 2.58. The van der Waals surface area contributed by atoms with Crippen LogP contribution in [0.2, 0.25) is 10.0 Å². The minimum Gasteiger partial charge on any atom is -0.479 e. The van der Waals surface area contributed by atoms with Crippen molar-refractivity contribution in [2.75, 3.05) is 0 Å². The van der Waals surface area contributed by atoms with E-state index in [4.69, 9.17) is 32.5 Å². The first-order chi connectivity index (χ1) is 13.9. The molecule has 3 rings (SSSR count). The molecule has 2 atom stereocenters. The van der Waals surface area contributed by atoms with E-state index in [0.717, 1.165) is 5.56 Å². The number of ether oxygens (including phenoxy) is 1. The highest BCUT2D eigenvalue weighted by molar-refractivity contribution is 6.42. The summed E-state index contributed by atoms with van der Waals surface area (Å²) < 4.78 is 11.1. The molecule has 0 aliphatic rings. The lowest BCUT2D eigenvalue weighted by Crippen LogP contribution is -2.40. The van der Waals surface area contributed by atoms with Crippen LogP contribution in [0.1, 0.15) is 32.7 Å². The monoisotopic (exact) mass is 434 g/mol. The van der Waals surface area contributed by atoms with Crippen molar-refractivity contribution >= 4 is 29.1 Å². The number of nitrogens with one attached hydrogen (secondary N) is 1. The molecule has 1 aromatic carbocycles. The van der Waals surface area contributed by atoms with Crippen molar-refractivity contribution in [2.45, 2.75) is 32.9 Å². The summed E-state index contributed by atoms with van der Waals surface area (Å²) in [6, 6.07) is 8.07. The van der Waals surface area contributed by atoms with E-state index in [1.807, 2.05) is 13.8 Å². The molecule has 7 nitrogen and oxygen atoms in total. The average molecular weight is 435 g/mol. The van der Waals surface area contributed by atoms with Crippen LogP contribution in [0, 0.1) is 5.92 Å². The third-order valence-electron chi connectivity index (χ3n) is 4.20. The van der Waals surface area contributed by atoms with Crippen LogP contribution in [0.5, 0.6) is 5.75 Å². The van der Waals surface area contributed by atoms with Crippen LogP contribution in [0.4, 0.5) is 0 Å². The van der Waals surface area contributed by atoms with Gasteiger partial charge in [0.15, 0.2) is 6.10 Å². The summed E-state index contributed by atoms with van der Waals surface area (Å²) in [5.74, 6) is 0.737. The molecule has 0 saturated carbocycles. The highest BCUT2D eigenvalue weighted by atomic mass is 35.5. The number of aromatic nitrogens is 3. The first kappa shape index (κ1) is 21.1. The van der Waals surface area contributed by atoms with Crippen molar-refractivity contribution in [2.24, 2.45) is 5.92 Å². The largest absolute Gasteiger partial charge is 0.479 e. The minimum absolute atomic E-state index is 0.00616. The van der Waals surface area contributed by atoms with E-state index in [-0.39, 0.29) is 16.8 Å². The Labute approximate surface area is 178 Å². The van der Waals surface area contributed by atoms with Crippen LogP contribution in [-0.4, -0.2) is 27.1 Å². The molecular formula is C20H20Cl2N4O3. The topological polar surface area (TPSA) is 90.1 Å². The van der Waals surface area contributed by atoms with Crippen LogP contribution < -0.4 is 10.1 Å². The molecule has 0 spiro atoms. The van der Waals surface area contributed by atoms with Crippen molar-refractivity contribution < 1.29 is 14.1 Å². The summed E-state index contributed by atoms with van der Waals surface area (Å²) in [5.41, 5.74) is 0.774. The summed E-state index contributed by atoms with van der Waals surface area (Å²) >= 11 is 12.1. The van der Waals surface area contributed by atoms with Gasteiger partial charge in [-0.1, -0.05) is 48.3 Å². The predicted octanol–water partition coefficient (Wildman–Crippen LogP) is 4.72. The molecule has 0 radical (unpaired) electrons. The third kappa shape index (κ3) is 5.05.